The van der Waals surface area contributed by atoms with Crippen LogP contribution in [0.3, 0.4) is 0 Å². The van der Waals surface area contributed by atoms with Gasteiger partial charge in [0.15, 0.2) is 0 Å². The topological polar surface area (TPSA) is 55.6 Å². The summed E-state index contributed by atoms with van der Waals surface area (Å²) < 4.78 is 5.78. The Bertz CT molecular complexity index is 534. The maximum Gasteiger partial charge on any atom is 0.269 e. The lowest BCUT2D eigenvalue weighted by molar-refractivity contribution is -0.385. The zero-order valence-corrected chi connectivity index (χ0v) is 12.0. The van der Waals surface area contributed by atoms with Crippen LogP contribution in [-0.2, 0) is 5.41 Å². The van der Waals surface area contributed by atoms with Crippen LogP contribution in [0.5, 0.6) is 5.75 Å². The molecule has 1 fully saturated rings. The van der Waals surface area contributed by atoms with Gasteiger partial charge >= 0.3 is 0 Å². The van der Waals surface area contributed by atoms with E-state index in [1.807, 2.05) is 0 Å². The molecule has 0 aromatic heterocycles. The van der Waals surface area contributed by atoms with E-state index in [1.54, 1.807) is 12.1 Å². The van der Waals surface area contributed by atoms with E-state index in [-0.39, 0.29) is 16.0 Å². The summed E-state index contributed by atoms with van der Waals surface area (Å²) in [5, 5.41) is 11.0. The molecule has 20 heavy (non-hydrogen) atoms. The average Bonchev–Trinajstić information content (AvgIpc) is 2.78. The summed E-state index contributed by atoms with van der Waals surface area (Å²) in [6, 6.07) is 5.55. The van der Waals surface area contributed by atoms with E-state index in [0.717, 1.165) is 37.2 Å². The van der Waals surface area contributed by atoms with E-state index >= 15 is 0 Å². The lowest BCUT2D eigenvalue weighted by Gasteiger charge is -2.40. The van der Waals surface area contributed by atoms with E-state index in [9.17, 15) is 10.1 Å². The van der Waals surface area contributed by atoms with Gasteiger partial charge in [-0.2, -0.15) is 0 Å². The smallest absolute Gasteiger partial charge is 0.269 e. The van der Waals surface area contributed by atoms with Crippen LogP contribution in [0.15, 0.2) is 18.2 Å². The van der Waals surface area contributed by atoms with Crippen molar-refractivity contribution >= 4 is 5.69 Å². The van der Waals surface area contributed by atoms with Gasteiger partial charge in [0, 0.05) is 29.2 Å². The summed E-state index contributed by atoms with van der Waals surface area (Å²) in [4.78, 5) is 13.1. The molecule has 1 spiro atoms. The Hall–Kier alpha value is -1.62. The van der Waals surface area contributed by atoms with E-state index in [1.165, 1.54) is 6.07 Å². The predicted octanol–water partition coefficient (Wildman–Crippen LogP) is 2.73. The molecule has 5 nitrogen and oxygen atoms in total. The Morgan fingerprint density at radius 1 is 1.35 bits per heavy atom. The van der Waals surface area contributed by atoms with Crippen LogP contribution in [-0.4, -0.2) is 35.6 Å². The molecule has 2 aliphatic rings. The highest BCUT2D eigenvalue weighted by molar-refractivity contribution is 5.50. The number of benzene rings is 1. The molecule has 0 atom stereocenters. The summed E-state index contributed by atoms with van der Waals surface area (Å²) in [6.45, 7) is 7.14. The fraction of sp³-hybridized carbons (Fsp3) is 0.600. The van der Waals surface area contributed by atoms with Crippen molar-refractivity contribution < 1.29 is 9.66 Å². The highest BCUT2D eigenvalue weighted by Crippen LogP contribution is 2.46. The van der Waals surface area contributed by atoms with Gasteiger partial charge in [-0.3, -0.25) is 10.1 Å². The number of rotatable bonds is 2. The number of nitro groups is 1. The normalized spacial score (nSPS) is 20.9. The van der Waals surface area contributed by atoms with Crippen LogP contribution in [0, 0.1) is 10.1 Å². The maximum atomic E-state index is 11.0. The van der Waals surface area contributed by atoms with Crippen molar-refractivity contribution in [3.05, 3.63) is 33.9 Å². The highest BCUT2D eigenvalue weighted by atomic mass is 16.6. The SMILES string of the molecule is CC(C)N1CCC2(CC1)COc1ccc([N+](=O)[O-])cc12. The van der Waals surface area contributed by atoms with Crippen LogP contribution in [0.25, 0.3) is 0 Å². The Balaban J connectivity index is 1.89. The van der Waals surface area contributed by atoms with Crippen molar-refractivity contribution in [2.45, 2.75) is 38.1 Å². The molecule has 2 aliphatic heterocycles. The molecule has 0 radical (unpaired) electrons. The number of nitrogens with zero attached hydrogens (tertiary/aromatic N) is 2. The van der Waals surface area contributed by atoms with Gasteiger partial charge in [-0.15, -0.1) is 0 Å². The molecule has 0 N–H and O–H groups in total. The Morgan fingerprint density at radius 3 is 2.65 bits per heavy atom. The van der Waals surface area contributed by atoms with Gasteiger partial charge < -0.3 is 9.64 Å². The minimum atomic E-state index is -0.324. The van der Waals surface area contributed by atoms with Gasteiger partial charge in [-0.25, -0.2) is 0 Å². The Kier molecular flexibility index (Phi) is 3.17. The van der Waals surface area contributed by atoms with Crippen molar-refractivity contribution in [1.82, 2.24) is 4.90 Å². The van der Waals surface area contributed by atoms with Crippen LogP contribution in [0.2, 0.25) is 0 Å². The second-order valence-electron chi connectivity index (χ2n) is 6.14. The van der Waals surface area contributed by atoms with Crippen molar-refractivity contribution in [2.75, 3.05) is 19.7 Å². The van der Waals surface area contributed by atoms with E-state index in [2.05, 4.69) is 18.7 Å². The third-order valence-corrected chi connectivity index (χ3v) is 4.73. The molecule has 0 bridgehead atoms. The van der Waals surface area contributed by atoms with Gasteiger partial charge in [0.05, 0.1) is 11.5 Å². The van der Waals surface area contributed by atoms with Crippen LogP contribution in [0.1, 0.15) is 32.3 Å². The fourth-order valence-electron chi connectivity index (χ4n) is 3.35. The minimum Gasteiger partial charge on any atom is -0.492 e. The van der Waals surface area contributed by atoms with Crippen molar-refractivity contribution in [2.24, 2.45) is 0 Å². The second kappa shape index (κ2) is 4.74. The largest absolute Gasteiger partial charge is 0.492 e. The number of non-ortho nitro benzene ring substituents is 1. The number of hydrogen-bond donors (Lipinski definition) is 0. The molecule has 3 rings (SSSR count). The zero-order chi connectivity index (χ0) is 14.3. The zero-order valence-electron chi connectivity index (χ0n) is 12.0. The first kappa shape index (κ1) is 13.4. The monoisotopic (exact) mass is 276 g/mol. The summed E-state index contributed by atoms with van der Waals surface area (Å²) in [7, 11) is 0. The Labute approximate surface area is 118 Å². The van der Waals surface area contributed by atoms with Gasteiger partial charge in [-0.05, 0) is 45.8 Å². The van der Waals surface area contributed by atoms with E-state index < -0.39 is 0 Å². The van der Waals surface area contributed by atoms with E-state index in [0.29, 0.717) is 12.6 Å². The van der Waals surface area contributed by atoms with Gasteiger partial charge in [-0.1, -0.05) is 0 Å². The summed E-state index contributed by atoms with van der Waals surface area (Å²) >= 11 is 0. The number of hydrogen-bond acceptors (Lipinski definition) is 4. The number of piperidine rings is 1. The molecular formula is C15H20N2O3. The second-order valence-corrected chi connectivity index (χ2v) is 6.14. The van der Waals surface area contributed by atoms with Gasteiger partial charge in [0.1, 0.15) is 5.75 Å². The highest BCUT2D eigenvalue weighted by Gasteiger charge is 2.44. The van der Waals surface area contributed by atoms with Crippen LogP contribution < -0.4 is 4.74 Å². The van der Waals surface area contributed by atoms with Crippen LogP contribution in [0.4, 0.5) is 5.69 Å². The summed E-state index contributed by atoms with van der Waals surface area (Å²) in [6.07, 6.45) is 2.03. The molecule has 5 heteroatoms. The molecular weight excluding hydrogens is 256 g/mol. The number of likely N-dealkylation sites (tertiary alicyclic amines) is 1. The molecule has 1 saturated heterocycles. The number of nitro benzene ring substituents is 1. The summed E-state index contributed by atoms with van der Waals surface area (Å²) in [5.74, 6) is 0.827. The number of ether oxygens (including phenoxy) is 1. The molecule has 2 heterocycles. The van der Waals surface area contributed by atoms with Crippen molar-refractivity contribution in [3.63, 3.8) is 0 Å². The minimum absolute atomic E-state index is 0.0211. The standard InChI is InChI=1S/C15H20N2O3/c1-11(2)16-7-5-15(6-8-16)10-20-14-4-3-12(17(18)19)9-13(14)15/h3-4,9,11H,5-8,10H2,1-2H3. The van der Waals surface area contributed by atoms with Crippen molar-refractivity contribution in [3.8, 4) is 5.75 Å². The van der Waals surface area contributed by atoms with Crippen LogP contribution >= 0.6 is 0 Å². The first-order valence-electron chi connectivity index (χ1n) is 7.18. The first-order chi connectivity index (χ1) is 9.52. The number of fused-ring (bicyclic) bond motifs is 2. The van der Waals surface area contributed by atoms with E-state index in [4.69, 9.17) is 4.74 Å². The third-order valence-electron chi connectivity index (χ3n) is 4.73. The molecule has 0 unspecified atom stereocenters. The molecule has 1 aromatic rings. The Morgan fingerprint density at radius 2 is 2.05 bits per heavy atom. The lowest BCUT2D eigenvalue weighted by Crippen LogP contribution is -2.46. The lowest BCUT2D eigenvalue weighted by atomic mass is 9.74. The molecule has 108 valence electrons. The molecule has 0 amide bonds. The summed E-state index contributed by atoms with van der Waals surface area (Å²) in [5.41, 5.74) is 1.18. The predicted molar refractivity (Wildman–Crippen MR) is 76.2 cm³/mol. The van der Waals surface area contributed by atoms with Crippen molar-refractivity contribution in [1.29, 1.82) is 0 Å². The average molecular weight is 276 g/mol. The molecule has 1 aromatic carbocycles. The van der Waals surface area contributed by atoms with Gasteiger partial charge in [0.2, 0.25) is 0 Å². The molecule has 0 saturated carbocycles. The quantitative estimate of drug-likeness (QED) is 0.615. The molecule has 0 aliphatic carbocycles. The van der Waals surface area contributed by atoms with Gasteiger partial charge in [0.25, 0.3) is 5.69 Å². The first-order valence-corrected chi connectivity index (χ1v) is 7.18. The fourth-order valence-corrected chi connectivity index (χ4v) is 3.35. The maximum absolute atomic E-state index is 11.0. The third kappa shape index (κ3) is 2.06.